The van der Waals surface area contributed by atoms with E-state index in [0.29, 0.717) is 5.16 Å². The molecular weight excluding hydrogens is 372 g/mol. The molecule has 2 aromatic rings. The third-order valence-corrected chi connectivity index (χ3v) is 7.27. The number of nitrogens with one attached hydrogen (secondary N) is 1. The Morgan fingerprint density at radius 1 is 1.31 bits per heavy atom. The van der Waals surface area contributed by atoms with E-state index >= 15 is 0 Å². The number of nitrogens with two attached hydrogens (primary N) is 1. The minimum absolute atomic E-state index is 0.0662. The molecule has 0 radical (unpaired) electrons. The zero-order valence-corrected chi connectivity index (χ0v) is 16.6. The number of amides is 3. The molecule has 26 heavy (non-hydrogen) atoms. The van der Waals surface area contributed by atoms with E-state index in [4.69, 9.17) is 5.73 Å². The van der Waals surface area contributed by atoms with Gasteiger partial charge in [0.2, 0.25) is 5.91 Å². The normalized spacial score (nSPS) is 15.1. The summed E-state index contributed by atoms with van der Waals surface area (Å²) in [4.78, 5) is 42.9. The van der Waals surface area contributed by atoms with Crippen molar-refractivity contribution in [1.82, 2.24) is 14.9 Å². The highest BCUT2D eigenvalue weighted by atomic mass is 32.2. The third kappa shape index (κ3) is 3.50. The van der Waals surface area contributed by atoms with Crippen LogP contribution in [-0.2, 0) is 24.7 Å². The predicted octanol–water partition coefficient (Wildman–Crippen LogP) is 2.19. The van der Waals surface area contributed by atoms with Crippen molar-refractivity contribution in [2.75, 3.05) is 0 Å². The fraction of sp³-hybridized carbons (Fsp3) is 0.529. The number of primary amides is 1. The van der Waals surface area contributed by atoms with Gasteiger partial charge in [0.15, 0.2) is 5.16 Å². The Kier molecular flexibility index (Phi) is 5.38. The second-order valence-corrected chi connectivity index (χ2v) is 8.98. The summed E-state index contributed by atoms with van der Waals surface area (Å²) in [7, 11) is 1.67. The van der Waals surface area contributed by atoms with E-state index in [1.165, 1.54) is 21.2 Å². The van der Waals surface area contributed by atoms with Gasteiger partial charge >= 0.3 is 6.03 Å². The molecule has 0 spiro atoms. The first kappa shape index (κ1) is 18.9. The quantitative estimate of drug-likeness (QED) is 0.610. The van der Waals surface area contributed by atoms with E-state index in [0.717, 1.165) is 41.5 Å². The zero-order chi connectivity index (χ0) is 19.0. The molecule has 3 amide bonds. The van der Waals surface area contributed by atoms with Gasteiger partial charge in [0.05, 0.1) is 10.6 Å². The minimum atomic E-state index is -0.885. The van der Waals surface area contributed by atoms with Gasteiger partial charge in [0, 0.05) is 11.9 Å². The molecule has 140 valence electrons. The Morgan fingerprint density at radius 2 is 2.00 bits per heavy atom. The molecule has 3 N–H and O–H groups in total. The monoisotopic (exact) mass is 394 g/mol. The number of fused-ring (bicyclic) bond motifs is 3. The van der Waals surface area contributed by atoms with Gasteiger partial charge in [-0.15, -0.1) is 11.3 Å². The van der Waals surface area contributed by atoms with E-state index in [2.05, 4.69) is 10.3 Å². The molecule has 0 aliphatic heterocycles. The van der Waals surface area contributed by atoms with E-state index in [-0.39, 0.29) is 11.5 Å². The summed E-state index contributed by atoms with van der Waals surface area (Å²) in [6.07, 6.45) is 4.16. The Hall–Kier alpha value is -1.87. The van der Waals surface area contributed by atoms with Crippen molar-refractivity contribution >= 4 is 45.3 Å². The molecule has 0 unspecified atom stereocenters. The topological polar surface area (TPSA) is 107 Å². The molecule has 0 saturated carbocycles. The molecule has 7 nitrogen and oxygen atoms in total. The number of aromatic nitrogens is 2. The number of carbonyl (C=O) groups is 2. The van der Waals surface area contributed by atoms with Gasteiger partial charge in [-0.2, -0.15) is 0 Å². The number of hydrogen-bond donors (Lipinski definition) is 2. The Bertz CT molecular complexity index is 932. The van der Waals surface area contributed by atoms with Crippen molar-refractivity contribution in [2.45, 2.75) is 49.9 Å². The number of carbonyl (C=O) groups excluding carboxylic acids is 2. The van der Waals surface area contributed by atoms with Crippen molar-refractivity contribution in [1.29, 1.82) is 0 Å². The van der Waals surface area contributed by atoms with Crippen molar-refractivity contribution in [3.63, 3.8) is 0 Å². The van der Waals surface area contributed by atoms with Gasteiger partial charge < -0.3 is 5.73 Å². The lowest BCUT2D eigenvalue weighted by Crippen LogP contribution is -2.42. The third-order valence-electron chi connectivity index (χ3n) is 4.50. The van der Waals surface area contributed by atoms with Gasteiger partial charge in [-0.3, -0.25) is 19.5 Å². The number of urea groups is 1. The fourth-order valence-electron chi connectivity index (χ4n) is 3.17. The Morgan fingerprint density at radius 3 is 2.65 bits per heavy atom. The average Bonchev–Trinajstić information content (AvgIpc) is 2.93. The first-order valence-electron chi connectivity index (χ1n) is 8.57. The number of nitrogens with zero attached hydrogens (tertiary/aromatic N) is 2. The van der Waals surface area contributed by atoms with Gasteiger partial charge in [-0.1, -0.05) is 25.6 Å². The predicted molar refractivity (Wildman–Crippen MR) is 104 cm³/mol. The number of imide groups is 1. The lowest BCUT2D eigenvalue weighted by Gasteiger charge is -2.19. The van der Waals surface area contributed by atoms with Crippen LogP contribution in [0.25, 0.3) is 10.2 Å². The zero-order valence-electron chi connectivity index (χ0n) is 15.0. The van der Waals surface area contributed by atoms with Crippen LogP contribution >= 0.6 is 23.1 Å². The summed E-state index contributed by atoms with van der Waals surface area (Å²) in [5, 5.41) is 2.74. The number of hydrogen-bond acceptors (Lipinski definition) is 6. The smallest absolute Gasteiger partial charge is 0.318 e. The summed E-state index contributed by atoms with van der Waals surface area (Å²) in [6.45, 7) is 3.75. The van der Waals surface area contributed by atoms with E-state index in [1.54, 1.807) is 18.4 Å². The van der Waals surface area contributed by atoms with Crippen LogP contribution < -0.4 is 16.6 Å². The highest BCUT2D eigenvalue weighted by Crippen LogP contribution is 2.35. The molecule has 1 aliphatic carbocycles. The summed E-state index contributed by atoms with van der Waals surface area (Å²) < 4.78 is 1.50. The summed E-state index contributed by atoms with van der Waals surface area (Å²) in [5.41, 5.74) is 6.13. The SMILES string of the molecule is CC(C)[C@H](Sc1nc2sc3c(c2c(=O)n1C)CCCC3)C(=O)NC(N)=O. The minimum Gasteiger partial charge on any atom is -0.351 e. The van der Waals surface area contributed by atoms with Crippen LogP contribution in [0.4, 0.5) is 4.79 Å². The van der Waals surface area contributed by atoms with Crippen molar-refractivity contribution in [3.05, 3.63) is 20.8 Å². The van der Waals surface area contributed by atoms with Gasteiger partial charge in [0.1, 0.15) is 4.83 Å². The molecule has 2 aromatic heterocycles. The number of thiophene rings is 1. The number of thioether (sulfide) groups is 1. The van der Waals surface area contributed by atoms with Crippen LogP contribution in [0, 0.1) is 5.92 Å². The first-order chi connectivity index (χ1) is 12.3. The van der Waals surface area contributed by atoms with Crippen molar-refractivity contribution < 1.29 is 9.59 Å². The fourth-order valence-corrected chi connectivity index (χ4v) is 5.53. The maximum atomic E-state index is 12.9. The average molecular weight is 395 g/mol. The maximum absolute atomic E-state index is 12.9. The Balaban J connectivity index is 2.02. The second-order valence-electron chi connectivity index (χ2n) is 6.79. The highest BCUT2D eigenvalue weighted by Gasteiger charge is 2.28. The van der Waals surface area contributed by atoms with Crippen LogP contribution in [-0.4, -0.2) is 26.7 Å². The largest absolute Gasteiger partial charge is 0.351 e. The van der Waals surface area contributed by atoms with E-state index in [1.807, 2.05) is 13.8 Å². The van der Waals surface area contributed by atoms with E-state index in [9.17, 15) is 14.4 Å². The molecule has 0 aromatic carbocycles. The molecule has 2 heterocycles. The molecule has 1 aliphatic rings. The van der Waals surface area contributed by atoms with Crippen molar-refractivity contribution in [3.8, 4) is 0 Å². The molecule has 0 saturated heterocycles. The van der Waals surface area contributed by atoms with E-state index < -0.39 is 17.2 Å². The Labute approximate surface area is 159 Å². The molecule has 0 bridgehead atoms. The van der Waals surface area contributed by atoms with Crippen LogP contribution in [0.2, 0.25) is 0 Å². The van der Waals surface area contributed by atoms with Crippen molar-refractivity contribution in [2.24, 2.45) is 18.7 Å². The van der Waals surface area contributed by atoms with Gasteiger partial charge in [-0.05, 0) is 37.2 Å². The maximum Gasteiger partial charge on any atom is 0.318 e. The second kappa shape index (κ2) is 7.40. The summed E-state index contributed by atoms with van der Waals surface area (Å²) in [5.74, 6) is -0.541. The molecule has 3 rings (SSSR count). The molecular formula is C17H22N4O3S2. The standard InChI is InChI=1S/C17H22N4O3S2/c1-8(2)12(13(22)19-16(18)24)26-17-20-14-11(15(23)21(17)3)9-6-4-5-7-10(9)25-14/h8,12H,4-7H2,1-3H3,(H3,18,19,22,24)/t12-/m0/s1. The van der Waals surface area contributed by atoms with Gasteiger partial charge in [-0.25, -0.2) is 9.78 Å². The summed E-state index contributed by atoms with van der Waals surface area (Å²) in [6, 6.07) is -0.885. The lowest BCUT2D eigenvalue weighted by atomic mass is 9.97. The number of aryl methyl sites for hydroxylation is 2. The van der Waals surface area contributed by atoms with Crippen LogP contribution in [0.1, 0.15) is 37.1 Å². The summed E-state index contributed by atoms with van der Waals surface area (Å²) >= 11 is 2.77. The molecule has 1 atom stereocenters. The molecule has 9 heteroatoms. The molecule has 0 fully saturated rings. The van der Waals surface area contributed by atoms with Crippen LogP contribution in [0.3, 0.4) is 0 Å². The first-order valence-corrected chi connectivity index (χ1v) is 10.3. The van der Waals surface area contributed by atoms with Gasteiger partial charge in [0.25, 0.3) is 5.56 Å². The highest BCUT2D eigenvalue weighted by molar-refractivity contribution is 8.00. The van der Waals surface area contributed by atoms with Crippen LogP contribution in [0.5, 0.6) is 0 Å². The lowest BCUT2D eigenvalue weighted by molar-refractivity contribution is -0.120. The number of rotatable bonds is 4. The van der Waals surface area contributed by atoms with Crippen LogP contribution in [0.15, 0.2) is 9.95 Å².